The van der Waals surface area contributed by atoms with Crippen molar-refractivity contribution in [3.05, 3.63) is 0 Å². The standard InChI is InChI=1S/C10H23N3Si2/c1-13-8-11-9(14(2,3)4)12-10(13)15(5,6)7/h8H2,1-7H3. The molecule has 1 aliphatic heterocycles. The van der Waals surface area contributed by atoms with Gasteiger partial charge in [0.05, 0.1) is 5.46 Å². The summed E-state index contributed by atoms with van der Waals surface area (Å²) in [7, 11) is -0.572. The summed E-state index contributed by atoms with van der Waals surface area (Å²) in [5, 5.41) is 0. The van der Waals surface area contributed by atoms with Crippen molar-refractivity contribution in [3.8, 4) is 0 Å². The number of hydrogen-bond donors (Lipinski definition) is 0. The largest absolute Gasteiger partial charge is 0.348 e. The van der Waals surface area contributed by atoms with E-state index in [2.05, 4.69) is 56.2 Å². The number of amidine groups is 2. The molecular formula is C10H23N3Si2. The monoisotopic (exact) mass is 241 g/mol. The Balaban J connectivity index is 3.06. The zero-order chi connectivity index (χ0) is 11.9. The molecule has 86 valence electrons. The lowest BCUT2D eigenvalue weighted by Crippen LogP contribution is -2.50. The highest BCUT2D eigenvalue weighted by atomic mass is 28.3. The SMILES string of the molecule is CN1CN=C([Si](C)(C)C)N=C1[Si](C)(C)C. The van der Waals surface area contributed by atoms with E-state index in [4.69, 9.17) is 4.99 Å². The van der Waals surface area contributed by atoms with Gasteiger partial charge in [-0.2, -0.15) is 0 Å². The molecule has 5 heteroatoms. The Bertz CT molecular complexity index is 308. The van der Waals surface area contributed by atoms with E-state index in [0.29, 0.717) is 0 Å². The Labute approximate surface area is 95.3 Å². The van der Waals surface area contributed by atoms with Crippen molar-refractivity contribution in [2.45, 2.75) is 39.3 Å². The van der Waals surface area contributed by atoms with Crippen LogP contribution in [0.1, 0.15) is 0 Å². The Kier molecular flexibility index (Phi) is 3.25. The number of nitrogens with zero attached hydrogens (tertiary/aromatic N) is 3. The number of rotatable bonds is 2. The van der Waals surface area contributed by atoms with Gasteiger partial charge in [-0.3, -0.25) is 4.99 Å². The van der Waals surface area contributed by atoms with E-state index >= 15 is 0 Å². The quantitative estimate of drug-likeness (QED) is 0.683. The van der Waals surface area contributed by atoms with Crippen LogP contribution in [0.25, 0.3) is 0 Å². The van der Waals surface area contributed by atoms with Crippen molar-refractivity contribution in [1.29, 1.82) is 0 Å². The molecule has 0 bridgehead atoms. The second kappa shape index (κ2) is 3.86. The van der Waals surface area contributed by atoms with Crippen LogP contribution in [0.2, 0.25) is 39.3 Å². The van der Waals surface area contributed by atoms with E-state index in [9.17, 15) is 0 Å². The second-order valence-corrected chi connectivity index (χ2v) is 16.2. The van der Waals surface area contributed by atoms with Gasteiger partial charge in [0.1, 0.15) is 28.3 Å². The van der Waals surface area contributed by atoms with E-state index in [1.807, 2.05) is 0 Å². The van der Waals surface area contributed by atoms with Crippen LogP contribution in [0.4, 0.5) is 0 Å². The van der Waals surface area contributed by atoms with Gasteiger partial charge >= 0.3 is 0 Å². The zero-order valence-electron chi connectivity index (χ0n) is 11.0. The minimum Gasteiger partial charge on any atom is -0.348 e. The van der Waals surface area contributed by atoms with Crippen LogP contribution < -0.4 is 0 Å². The molecule has 0 amide bonds. The molecule has 15 heavy (non-hydrogen) atoms. The number of hydrogen-bond acceptors (Lipinski definition) is 3. The lowest BCUT2D eigenvalue weighted by molar-refractivity contribution is 0.524. The molecule has 0 aliphatic carbocycles. The summed E-state index contributed by atoms with van der Waals surface area (Å²) < 4.78 is 0. The van der Waals surface area contributed by atoms with Gasteiger partial charge in [0.15, 0.2) is 0 Å². The van der Waals surface area contributed by atoms with Crippen LogP contribution in [0.15, 0.2) is 9.98 Å². The fourth-order valence-electron chi connectivity index (χ4n) is 1.61. The molecule has 0 fully saturated rings. The molecule has 1 rings (SSSR count). The second-order valence-electron chi connectivity index (χ2n) is 6.26. The summed E-state index contributed by atoms with van der Waals surface area (Å²) in [6, 6.07) is 0. The maximum atomic E-state index is 4.82. The molecule has 0 atom stereocenters. The first-order valence-corrected chi connectivity index (χ1v) is 12.5. The number of aliphatic imine (C=N–C) groups is 2. The molecule has 0 aromatic rings. The van der Waals surface area contributed by atoms with Crippen LogP contribution >= 0.6 is 0 Å². The molecular weight excluding hydrogens is 218 g/mol. The maximum Gasteiger partial charge on any atom is 0.125 e. The zero-order valence-corrected chi connectivity index (χ0v) is 13.0. The van der Waals surface area contributed by atoms with Crippen molar-refractivity contribution in [1.82, 2.24) is 4.90 Å². The summed E-state index contributed by atoms with van der Waals surface area (Å²) in [5.41, 5.74) is 2.44. The lowest BCUT2D eigenvalue weighted by Gasteiger charge is -2.33. The summed E-state index contributed by atoms with van der Waals surface area (Å²) in [6.07, 6.45) is 0. The van der Waals surface area contributed by atoms with Crippen molar-refractivity contribution < 1.29 is 0 Å². The smallest absolute Gasteiger partial charge is 0.125 e. The lowest BCUT2D eigenvalue weighted by atomic mass is 10.8. The minimum atomic E-state index is -1.35. The fourth-order valence-corrected chi connectivity index (χ4v) is 4.36. The average Bonchev–Trinajstić information content (AvgIpc) is 2.00. The van der Waals surface area contributed by atoms with Crippen molar-refractivity contribution >= 4 is 27.1 Å². The van der Waals surface area contributed by atoms with Gasteiger partial charge in [0, 0.05) is 7.05 Å². The molecule has 1 aliphatic rings. The van der Waals surface area contributed by atoms with Crippen molar-refractivity contribution in [3.63, 3.8) is 0 Å². The highest BCUT2D eigenvalue weighted by Crippen LogP contribution is 2.15. The topological polar surface area (TPSA) is 28.0 Å². The Morgan fingerprint density at radius 1 is 1.00 bits per heavy atom. The Morgan fingerprint density at radius 3 is 1.93 bits per heavy atom. The van der Waals surface area contributed by atoms with Crippen LogP contribution in [-0.2, 0) is 0 Å². The predicted molar refractivity (Wildman–Crippen MR) is 74.2 cm³/mol. The molecule has 0 saturated heterocycles. The molecule has 1 heterocycles. The molecule has 0 unspecified atom stereocenters. The van der Waals surface area contributed by atoms with Gasteiger partial charge in [-0.15, -0.1) is 0 Å². The molecule has 0 radical (unpaired) electrons. The molecule has 0 aromatic carbocycles. The van der Waals surface area contributed by atoms with Gasteiger partial charge in [0.2, 0.25) is 0 Å². The first-order chi connectivity index (χ1) is 6.62. The predicted octanol–water partition coefficient (Wildman–Crippen LogP) is 2.44. The summed E-state index contributed by atoms with van der Waals surface area (Å²) in [5.74, 6) is 0. The van der Waals surface area contributed by atoms with Crippen molar-refractivity contribution in [2.24, 2.45) is 9.98 Å². The van der Waals surface area contributed by atoms with E-state index in [-0.39, 0.29) is 0 Å². The van der Waals surface area contributed by atoms with Crippen LogP contribution in [-0.4, -0.2) is 45.7 Å². The van der Waals surface area contributed by atoms with Crippen LogP contribution in [0, 0.1) is 0 Å². The molecule has 0 aromatic heterocycles. The molecule has 0 saturated carbocycles. The van der Waals surface area contributed by atoms with Gasteiger partial charge in [-0.05, 0) is 0 Å². The van der Waals surface area contributed by atoms with Gasteiger partial charge in [-0.25, -0.2) is 4.99 Å². The third kappa shape index (κ3) is 3.01. The summed E-state index contributed by atoms with van der Waals surface area (Å²) in [6.45, 7) is 14.7. The molecule has 0 N–H and O–H groups in total. The van der Waals surface area contributed by atoms with Crippen LogP contribution in [0.5, 0.6) is 0 Å². The summed E-state index contributed by atoms with van der Waals surface area (Å²) >= 11 is 0. The van der Waals surface area contributed by atoms with Crippen LogP contribution in [0.3, 0.4) is 0 Å². The van der Waals surface area contributed by atoms with Crippen molar-refractivity contribution in [2.75, 3.05) is 13.7 Å². The van der Waals surface area contributed by atoms with Gasteiger partial charge in [-0.1, -0.05) is 39.3 Å². The normalized spacial score (nSPS) is 18.7. The third-order valence-corrected chi connectivity index (χ3v) is 5.79. The van der Waals surface area contributed by atoms with Gasteiger partial charge in [0.25, 0.3) is 0 Å². The van der Waals surface area contributed by atoms with E-state index in [1.165, 1.54) is 5.46 Å². The van der Waals surface area contributed by atoms with Gasteiger partial charge < -0.3 is 4.90 Å². The fraction of sp³-hybridized carbons (Fsp3) is 0.800. The average molecular weight is 241 g/mol. The maximum absolute atomic E-state index is 4.82. The first-order valence-electron chi connectivity index (χ1n) is 5.47. The summed E-state index contributed by atoms with van der Waals surface area (Å²) in [4.78, 5) is 11.6. The van der Waals surface area contributed by atoms with E-state index in [0.717, 1.165) is 12.1 Å². The van der Waals surface area contributed by atoms with E-state index < -0.39 is 16.1 Å². The Hall–Kier alpha value is -0.426. The highest BCUT2D eigenvalue weighted by Gasteiger charge is 2.31. The third-order valence-electron chi connectivity index (χ3n) is 2.35. The minimum absolute atomic E-state index is 0.794. The Morgan fingerprint density at radius 2 is 1.53 bits per heavy atom. The highest BCUT2D eigenvalue weighted by molar-refractivity contribution is 7.08. The van der Waals surface area contributed by atoms with E-state index in [1.54, 1.807) is 0 Å². The molecule has 0 spiro atoms. The first kappa shape index (κ1) is 12.6. The molecule has 3 nitrogen and oxygen atoms in total.